The fraction of sp³-hybridized carbons (Fsp3) is 0.545. The highest BCUT2D eigenvalue weighted by Gasteiger charge is 2.25. The van der Waals surface area contributed by atoms with Gasteiger partial charge in [-0.05, 0) is 24.8 Å². The number of aromatic nitrogens is 1. The van der Waals surface area contributed by atoms with Crippen molar-refractivity contribution in [1.82, 2.24) is 4.98 Å². The van der Waals surface area contributed by atoms with Gasteiger partial charge in [0.1, 0.15) is 0 Å². The van der Waals surface area contributed by atoms with Gasteiger partial charge in [-0.1, -0.05) is 24.4 Å². The zero-order valence-electron chi connectivity index (χ0n) is 7.99. The van der Waals surface area contributed by atoms with Crippen LogP contribution in [-0.2, 0) is 0 Å². The third kappa shape index (κ3) is 1.91. The molecule has 2 nitrogen and oxygen atoms in total. The van der Waals surface area contributed by atoms with Gasteiger partial charge in [0.05, 0.1) is 11.1 Å². The molecule has 14 heavy (non-hydrogen) atoms. The molecule has 1 aliphatic carbocycles. The van der Waals surface area contributed by atoms with Gasteiger partial charge in [0.15, 0.2) is 0 Å². The predicted molar refractivity (Wildman–Crippen MR) is 56.2 cm³/mol. The van der Waals surface area contributed by atoms with Crippen LogP contribution in [0.15, 0.2) is 18.5 Å². The Bertz CT molecular complexity index is 310. The first-order valence-electron chi connectivity index (χ1n) is 5.06. The number of aliphatic hydroxyl groups is 1. The molecule has 1 aliphatic rings. The number of rotatable bonds is 2. The van der Waals surface area contributed by atoms with Gasteiger partial charge in [-0.25, -0.2) is 0 Å². The minimum absolute atomic E-state index is 0.384. The Morgan fingerprint density at radius 1 is 1.43 bits per heavy atom. The van der Waals surface area contributed by atoms with Gasteiger partial charge in [0, 0.05) is 18.0 Å². The number of pyridine rings is 1. The van der Waals surface area contributed by atoms with Gasteiger partial charge in [-0.2, -0.15) is 0 Å². The molecule has 76 valence electrons. The van der Waals surface area contributed by atoms with E-state index >= 15 is 0 Å². The lowest BCUT2D eigenvalue weighted by Crippen LogP contribution is -2.09. The quantitative estimate of drug-likeness (QED) is 0.816. The maximum Gasteiger partial charge on any atom is 0.0833 e. The average molecular weight is 212 g/mol. The Labute approximate surface area is 88.9 Å². The fourth-order valence-corrected chi connectivity index (χ4v) is 2.38. The molecule has 1 heterocycles. The van der Waals surface area contributed by atoms with E-state index in [9.17, 15) is 5.11 Å². The molecule has 1 N–H and O–H groups in total. The second-order valence-corrected chi connectivity index (χ2v) is 4.29. The third-order valence-electron chi connectivity index (χ3n) is 2.97. The van der Waals surface area contributed by atoms with Gasteiger partial charge in [-0.15, -0.1) is 0 Å². The molecule has 2 rings (SSSR count). The van der Waals surface area contributed by atoms with Crippen LogP contribution in [0.5, 0.6) is 0 Å². The first-order chi connectivity index (χ1) is 6.79. The lowest BCUT2D eigenvalue weighted by atomic mass is 9.95. The zero-order chi connectivity index (χ0) is 9.97. The summed E-state index contributed by atoms with van der Waals surface area (Å²) in [4.78, 5) is 3.91. The normalized spacial score (nSPS) is 19.9. The van der Waals surface area contributed by atoms with E-state index < -0.39 is 6.10 Å². The van der Waals surface area contributed by atoms with Crippen LogP contribution in [0.1, 0.15) is 37.4 Å². The molecule has 1 atom stereocenters. The summed E-state index contributed by atoms with van der Waals surface area (Å²) in [6, 6.07) is 1.81. The number of halogens is 1. The summed E-state index contributed by atoms with van der Waals surface area (Å²) < 4.78 is 0. The van der Waals surface area contributed by atoms with Crippen molar-refractivity contribution < 1.29 is 5.11 Å². The summed E-state index contributed by atoms with van der Waals surface area (Å²) in [6.45, 7) is 0. The van der Waals surface area contributed by atoms with E-state index in [2.05, 4.69) is 4.98 Å². The highest BCUT2D eigenvalue weighted by atomic mass is 35.5. The van der Waals surface area contributed by atoms with E-state index in [4.69, 9.17) is 11.6 Å². The molecule has 0 spiro atoms. The number of hydrogen-bond donors (Lipinski definition) is 1. The van der Waals surface area contributed by atoms with Crippen molar-refractivity contribution >= 4 is 11.6 Å². The summed E-state index contributed by atoms with van der Waals surface area (Å²) in [5.74, 6) is 0.384. The van der Waals surface area contributed by atoms with Gasteiger partial charge in [0.2, 0.25) is 0 Å². The van der Waals surface area contributed by atoms with Crippen molar-refractivity contribution in [3.63, 3.8) is 0 Å². The summed E-state index contributed by atoms with van der Waals surface area (Å²) in [7, 11) is 0. The maximum atomic E-state index is 10.1. The first-order valence-corrected chi connectivity index (χ1v) is 5.44. The van der Waals surface area contributed by atoms with Crippen molar-refractivity contribution in [1.29, 1.82) is 0 Å². The lowest BCUT2D eigenvalue weighted by molar-refractivity contribution is 0.111. The summed E-state index contributed by atoms with van der Waals surface area (Å²) in [6.07, 6.45) is 7.54. The van der Waals surface area contributed by atoms with E-state index in [1.165, 1.54) is 12.8 Å². The van der Waals surface area contributed by atoms with E-state index in [0.29, 0.717) is 10.9 Å². The summed E-state index contributed by atoms with van der Waals surface area (Å²) in [5.41, 5.74) is 0.827. The molecule has 0 radical (unpaired) electrons. The van der Waals surface area contributed by atoms with Crippen LogP contribution in [0.4, 0.5) is 0 Å². The maximum absolute atomic E-state index is 10.1. The first kappa shape index (κ1) is 9.94. The van der Waals surface area contributed by atoms with Crippen LogP contribution in [0.2, 0.25) is 5.02 Å². The van der Waals surface area contributed by atoms with E-state index in [1.807, 2.05) is 6.07 Å². The third-order valence-corrected chi connectivity index (χ3v) is 3.28. The molecule has 1 aromatic heterocycles. The van der Waals surface area contributed by atoms with Crippen LogP contribution in [0.3, 0.4) is 0 Å². The van der Waals surface area contributed by atoms with Gasteiger partial charge >= 0.3 is 0 Å². The van der Waals surface area contributed by atoms with Crippen molar-refractivity contribution in [2.24, 2.45) is 5.92 Å². The number of aliphatic hydroxyl groups excluding tert-OH is 1. The molecule has 1 saturated carbocycles. The molecule has 0 bridgehead atoms. The van der Waals surface area contributed by atoms with Crippen LogP contribution in [0, 0.1) is 5.92 Å². The monoisotopic (exact) mass is 211 g/mol. The number of hydrogen-bond acceptors (Lipinski definition) is 2. The Balaban J connectivity index is 2.17. The Morgan fingerprint density at radius 2 is 2.14 bits per heavy atom. The van der Waals surface area contributed by atoms with E-state index in [0.717, 1.165) is 18.4 Å². The van der Waals surface area contributed by atoms with Crippen LogP contribution < -0.4 is 0 Å². The number of nitrogens with zero attached hydrogens (tertiary/aromatic N) is 1. The highest BCUT2D eigenvalue weighted by molar-refractivity contribution is 6.31. The van der Waals surface area contributed by atoms with Crippen LogP contribution in [0.25, 0.3) is 0 Å². The molecular formula is C11H14ClNO. The molecule has 0 aliphatic heterocycles. The second-order valence-electron chi connectivity index (χ2n) is 3.89. The summed E-state index contributed by atoms with van der Waals surface area (Å²) in [5, 5.41) is 10.7. The molecule has 3 heteroatoms. The molecule has 0 saturated heterocycles. The molecule has 0 amide bonds. The van der Waals surface area contributed by atoms with Crippen LogP contribution >= 0.6 is 11.6 Å². The molecule has 0 aromatic carbocycles. The molecule has 1 fully saturated rings. The molecule has 1 unspecified atom stereocenters. The smallest absolute Gasteiger partial charge is 0.0833 e. The van der Waals surface area contributed by atoms with Crippen LogP contribution in [-0.4, -0.2) is 10.1 Å². The minimum Gasteiger partial charge on any atom is -0.388 e. The highest BCUT2D eigenvalue weighted by Crippen LogP contribution is 2.37. The fourth-order valence-electron chi connectivity index (χ4n) is 2.15. The van der Waals surface area contributed by atoms with Gasteiger partial charge in [-0.3, -0.25) is 4.98 Å². The predicted octanol–water partition coefficient (Wildman–Crippen LogP) is 2.96. The van der Waals surface area contributed by atoms with Crippen molar-refractivity contribution in [2.75, 3.05) is 0 Å². The average Bonchev–Trinajstić information content (AvgIpc) is 2.70. The van der Waals surface area contributed by atoms with E-state index in [-0.39, 0.29) is 0 Å². The minimum atomic E-state index is -0.409. The van der Waals surface area contributed by atoms with Gasteiger partial charge < -0.3 is 5.11 Å². The lowest BCUT2D eigenvalue weighted by Gasteiger charge is -2.18. The van der Waals surface area contributed by atoms with Crippen molar-refractivity contribution in [3.8, 4) is 0 Å². The Kier molecular flexibility index (Phi) is 3.04. The topological polar surface area (TPSA) is 33.1 Å². The molecular weight excluding hydrogens is 198 g/mol. The molecule has 1 aromatic rings. The van der Waals surface area contributed by atoms with Gasteiger partial charge in [0.25, 0.3) is 0 Å². The SMILES string of the molecule is OC(c1ccncc1Cl)C1CCCC1. The largest absolute Gasteiger partial charge is 0.388 e. The zero-order valence-corrected chi connectivity index (χ0v) is 8.74. The Hall–Kier alpha value is -0.600. The second kappa shape index (κ2) is 4.28. The van der Waals surface area contributed by atoms with Crippen molar-refractivity contribution in [2.45, 2.75) is 31.8 Å². The van der Waals surface area contributed by atoms with E-state index in [1.54, 1.807) is 12.4 Å². The Morgan fingerprint density at radius 3 is 2.79 bits per heavy atom. The summed E-state index contributed by atoms with van der Waals surface area (Å²) >= 11 is 5.98. The standard InChI is InChI=1S/C11H14ClNO/c12-10-7-13-6-5-9(10)11(14)8-3-1-2-4-8/h5-8,11,14H,1-4H2. The van der Waals surface area contributed by atoms with Crippen molar-refractivity contribution in [3.05, 3.63) is 29.0 Å².